The molecular weight excluding hydrogens is 500 g/mol. The van der Waals surface area contributed by atoms with Crippen LogP contribution in [-0.4, -0.2) is 70.2 Å². The number of benzene rings is 2. The summed E-state index contributed by atoms with van der Waals surface area (Å²) in [6, 6.07) is 16.0. The molecule has 10 nitrogen and oxygen atoms in total. The minimum absolute atomic E-state index is 0.322. The molecule has 4 rings (SSSR count). The maximum atomic E-state index is 11.6. The van der Waals surface area contributed by atoms with Gasteiger partial charge >= 0.3 is 0 Å². The van der Waals surface area contributed by atoms with E-state index in [9.17, 15) is 17.5 Å². The Bertz CT molecular complexity index is 1470. The minimum Gasteiger partial charge on any atom is -0.357 e. The van der Waals surface area contributed by atoms with Crippen molar-refractivity contribution in [1.82, 2.24) is 19.3 Å². The lowest BCUT2D eigenvalue weighted by Crippen LogP contribution is -2.34. The topological polar surface area (TPSA) is 132 Å². The molecule has 3 N–H and O–H groups in total. The van der Waals surface area contributed by atoms with E-state index < -0.39 is 20.8 Å². The third kappa shape index (κ3) is 6.09. The van der Waals surface area contributed by atoms with Gasteiger partial charge in [0.2, 0.25) is 10.0 Å². The fourth-order valence-electron chi connectivity index (χ4n) is 3.42. The van der Waals surface area contributed by atoms with E-state index in [1.54, 1.807) is 48.8 Å². The normalized spacial score (nSPS) is 12.6. The van der Waals surface area contributed by atoms with Crippen molar-refractivity contribution in [2.75, 3.05) is 43.1 Å². The predicted octanol–water partition coefficient (Wildman–Crippen LogP) is 4.16. The van der Waals surface area contributed by atoms with E-state index in [0.717, 1.165) is 11.1 Å². The van der Waals surface area contributed by atoms with Crippen molar-refractivity contribution in [2.45, 2.75) is 4.90 Å². The second-order valence-electron chi connectivity index (χ2n) is 8.36. The average Bonchev–Trinajstić information content (AvgIpc) is 2.86. The Morgan fingerprint density at radius 2 is 1.64 bits per heavy atom. The highest BCUT2D eigenvalue weighted by Crippen LogP contribution is 2.47. The smallest absolute Gasteiger partial charge is 0.211 e. The van der Waals surface area contributed by atoms with Crippen molar-refractivity contribution >= 4 is 43.3 Å². The van der Waals surface area contributed by atoms with Crippen molar-refractivity contribution in [1.29, 1.82) is 0 Å². The second-order valence-corrected chi connectivity index (χ2v) is 12.2. The van der Waals surface area contributed by atoms with E-state index in [4.69, 9.17) is 4.98 Å². The molecule has 0 amide bonds. The Labute approximate surface area is 212 Å². The number of anilines is 2. The first-order valence-corrected chi connectivity index (χ1v) is 14.4. The van der Waals surface area contributed by atoms with Crippen molar-refractivity contribution < 1.29 is 17.5 Å². The summed E-state index contributed by atoms with van der Waals surface area (Å²) in [7, 11) is -3.12. The fourth-order valence-corrected chi connectivity index (χ4v) is 4.93. The Hall–Kier alpha value is -3.29. The molecule has 0 aliphatic carbocycles. The highest BCUT2D eigenvalue weighted by Gasteiger charge is 2.16. The largest absolute Gasteiger partial charge is 0.357 e. The van der Waals surface area contributed by atoms with E-state index in [2.05, 4.69) is 14.7 Å². The summed E-state index contributed by atoms with van der Waals surface area (Å²) in [4.78, 5) is 15.7. The molecule has 0 bridgehead atoms. The number of hydrogen-bond acceptors (Lipinski definition) is 9. The van der Waals surface area contributed by atoms with Crippen molar-refractivity contribution in [3.63, 3.8) is 0 Å². The van der Waals surface area contributed by atoms with Crippen LogP contribution < -0.4 is 9.62 Å². The zero-order valence-electron chi connectivity index (χ0n) is 20.1. The quantitative estimate of drug-likeness (QED) is 0.293. The lowest BCUT2D eigenvalue weighted by atomic mass is 10.1. The van der Waals surface area contributed by atoms with Gasteiger partial charge in [0.05, 0.1) is 40.3 Å². The summed E-state index contributed by atoms with van der Waals surface area (Å²) >= 11 is 0. The number of fused-ring (bicyclic) bond motifs is 1. The van der Waals surface area contributed by atoms with Crippen LogP contribution in [0.3, 0.4) is 0 Å². The third-order valence-corrected chi connectivity index (χ3v) is 8.41. The Morgan fingerprint density at radius 1 is 0.889 bits per heavy atom. The molecule has 4 aromatic rings. The van der Waals surface area contributed by atoms with Gasteiger partial charge in [-0.1, -0.05) is 35.0 Å². The van der Waals surface area contributed by atoms with E-state index in [1.807, 2.05) is 30.1 Å². The summed E-state index contributed by atoms with van der Waals surface area (Å²) in [5.41, 5.74) is 3.44. The summed E-state index contributed by atoms with van der Waals surface area (Å²) in [5, 5.41) is 0. The van der Waals surface area contributed by atoms with Crippen LogP contribution in [0.2, 0.25) is 0 Å². The zero-order valence-corrected chi connectivity index (χ0v) is 21.7. The molecule has 0 unspecified atom stereocenters. The number of pyridine rings is 1. The molecule has 2 aromatic carbocycles. The number of rotatable bonds is 9. The van der Waals surface area contributed by atoms with Gasteiger partial charge in [-0.2, -0.15) is 0 Å². The lowest BCUT2D eigenvalue weighted by molar-refractivity contribution is 0.479. The van der Waals surface area contributed by atoms with Crippen molar-refractivity contribution in [3.8, 4) is 11.1 Å². The van der Waals surface area contributed by atoms with E-state index >= 15 is 0 Å². The highest BCUT2D eigenvalue weighted by molar-refractivity contribution is 8.25. The maximum absolute atomic E-state index is 11.6. The van der Waals surface area contributed by atoms with Gasteiger partial charge in [0.15, 0.2) is 0 Å². The fraction of sp³-hybridized carbons (Fsp3) is 0.208. The zero-order chi connectivity index (χ0) is 25.9. The molecule has 36 heavy (non-hydrogen) atoms. The summed E-state index contributed by atoms with van der Waals surface area (Å²) in [6.07, 6.45) is 6.05. The summed E-state index contributed by atoms with van der Waals surface area (Å²) < 4.78 is 48.5. The van der Waals surface area contributed by atoms with Gasteiger partial charge in [-0.3, -0.25) is 23.8 Å². The Kier molecular flexibility index (Phi) is 7.43. The van der Waals surface area contributed by atoms with Crippen LogP contribution >= 0.6 is 10.8 Å². The van der Waals surface area contributed by atoms with Gasteiger partial charge < -0.3 is 4.90 Å². The lowest BCUT2D eigenvalue weighted by Gasteiger charge is -2.33. The molecular formula is C24H28N6O4S2. The average molecular weight is 529 g/mol. The van der Waals surface area contributed by atoms with Gasteiger partial charge in [-0.05, 0) is 35.9 Å². The molecule has 0 saturated carbocycles. The van der Waals surface area contributed by atoms with Crippen LogP contribution in [-0.2, 0) is 10.0 Å². The first-order chi connectivity index (χ1) is 17.0. The van der Waals surface area contributed by atoms with Crippen molar-refractivity contribution in [2.24, 2.45) is 0 Å². The summed E-state index contributed by atoms with van der Waals surface area (Å²) in [5.74, 6) is 0.617. The van der Waals surface area contributed by atoms with Crippen LogP contribution in [0.1, 0.15) is 0 Å². The van der Waals surface area contributed by atoms with Crippen molar-refractivity contribution in [3.05, 3.63) is 73.2 Å². The molecule has 0 spiro atoms. The molecule has 0 fully saturated rings. The van der Waals surface area contributed by atoms with Gasteiger partial charge in [-0.15, -0.1) is 0 Å². The molecule has 0 atom stereocenters. The van der Waals surface area contributed by atoms with Gasteiger partial charge in [-0.25, -0.2) is 17.7 Å². The molecule has 2 aromatic heterocycles. The van der Waals surface area contributed by atoms with E-state index in [0.29, 0.717) is 40.5 Å². The first-order valence-electron chi connectivity index (χ1n) is 11.0. The molecule has 0 aliphatic rings. The third-order valence-electron chi connectivity index (χ3n) is 5.64. The number of likely N-dealkylation sites (N-methyl/N-ethyl adjacent to an activating group) is 2. The molecule has 12 heteroatoms. The number of nitrogens with one attached hydrogen (secondary N) is 1. The summed E-state index contributed by atoms with van der Waals surface area (Å²) in [6.45, 7) is 0.775. The number of aromatic nitrogens is 3. The van der Waals surface area contributed by atoms with Crippen LogP contribution in [0.5, 0.6) is 0 Å². The predicted molar refractivity (Wildman–Crippen MR) is 145 cm³/mol. The van der Waals surface area contributed by atoms with Crippen LogP contribution in [0.15, 0.2) is 78.1 Å². The van der Waals surface area contributed by atoms with Crippen LogP contribution in [0.25, 0.3) is 22.2 Å². The SMILES string of the molecule is CN(CCN(C)S(C)(=O)=O)c1cnc2ccc(-c3cncc(NS(O)(O)c4ccccc4)c3)cc2n1. The Morgan fingerprint density at radius 3 is 2.36 bits per heavy atom. The maximum Gasteiger partial charge on any atom is 0.211 e. The molecule has 2 heterocycles. The monoisotopic (exact) mass is 528 g/mol. The number of hydrogen-bond donors (Lipinski definition) is 3. The molecule has 0 radical (unpaired) electrons. The van der Waals surface area contributed by atoms with Gasteiger partial charge in [0.1, 0.15) is 5.82 Å². The number of sulfonamides is 1. The molecule has 190 valence electrons. The standard InChI is InChI=1S/C24H28N6O4S2/c1-29(11-12-30(2)35(3,31)32)24-17-26-22-10-9-18(14-23(22)27-24)19-13-20(16-25-15-19)28-36(33,34)21-7-5-4-6-8-21/h4-10,13-17,28,33-34H,11-12H2,1-3H3. The molecule has 0 saturated heterocycles. The molecule has 0 aliphatic heterocycles. The van der Waals surface area contributed by atoms with Crippen LogP contribution in [0.4, 0.5) is 11.5 Å². The van der Waals surface area contributed by atoms with E-state index in [1.165, 1.54) is 23.8 Å². The highest BCUT2D eigenvalue weighted by atomic mass is 32.3. The van der Waals surface area contributed by atoms with Gasteiger partial charge in [0, 0.05) is 38.9 Å². The first kappa shape index (κ1) is 25.8. The second kappa shape index (κ2) is 10.4. The van der Waals surface area contributed by atoms with E-state index in [-0.39, 0.29) is 0 Å². The minimum atomic E-state index is -3.25. The number of nitrogens with zero attached hydrogens (tertiary/aromatic N) is 5. The van der Waals surface area contributed by atoms with Crippen LogP contribution in [0, 0.1) is 0 Å². The Balaban J connectivity index is 1.56. The van der Waals surface area contributed by atoms with Gasteiger partial charge in [0.25, 0.3) is 0 Å².